The number of carbonyl (C=O) groups excluding carboxylic acids is 1. The molecule has 0 bridgehead atoms. The molecule has 0 saturated heterocycles. The van der Waals surface area contributed by atoms with Crippen LogP contribution < -0.4 is 10.6 Å². The van der Waals surface area contributed by atoms with Crippen molar-refractivity contribution >= 4 is 34.9 Å². The van der Waals surface area contributed by atoms with Crippen molar-refractivity contribution < 1.29 is 4.79 Å². The van der Waals surface area contributed by atoms with Gasteiger partial charge in [-0.3, -0.25) is 0 Å². The van der Waals surface area contributed by atoms with Crippen molar-refractivity contribution in [3.8, 4) is 0 Å². The van der Waals surface area contributed by atoms with Crippen LogP contribution in [-0.2, 0) is 0 Å². The minimum absolute atomic E-state index is 0.280. The van der Waals surface area contributed by atoms with Gasteiger partial charge >= 0.3 is 6.03 Å². The van der Waals surface area contributed by atoms with Crippen LogP contribution in [0.2, 0.25) is 10.0 Å². The van der Waals surface area contributed by atoms with E-state index in [4.69, 9.17) is 23.2 Å². The molecule has 1 aliphatic rings. The molecule has 0 spiro atoms. The number of amides is 2. The molecule has 3 rings (SSSR count). The second-order valence-electron chi connectivity index (χ2n) is 4.66. The first-order valence-electron chi connectivity index (χ1n) is 6.44. The summed E-state index contributed by atoms with van der Waals surface area (Å²) in [6, 6.07) is 14.3. The number of urea groups is 1. The maximum atomic E-state index is 11.9. The normalized spacial score (nSPS) is 17.7. The fraction of sp³-hybridized carbons (Fsp3) is 0.0625. The minimum Gasteiger partial charge on any atom is -0.327 e. The molecule has 1 unspecified atom stereocenters. The van der Waals surface area contributed by atoms with Crippen LogP contribution >= 0.6 is 23.2 Å². The smallest absolute Gasteiger partial charge is 0.319 e. The lowest BCUT2D eigenvalue weighted by Crippen LogP contribution is -2.41. The van der Waals surface area contributed by atoms with Gasteiger partial charge in [-0.25, -0.2) is 4.79 Å². The zero-order valence-corrected chi connectivity index (χ0v) is 12.4. The zero-order chi connectivity index (χ0) is 14.8. The quantitative estimate of drug-likeness (QED) is 0.847. The van der Waals surface area contributed by atoms with Crippen molar-refractivity contribution in [2.45, 2.75) is 6.04 Å². The van der Waals surface area contributed by atoms with E-state index in [9.17, 15) is 4.79 Å². The molecule has 2 N–H and O–H groups in total. The number of hydrogen-bond acceptors (Lipinski definition) is 1. The average molecular weight is 319 g/mol. The molecule has 21 heavy (non-hydrogen) atoms. The highest BCUT2D eigenvalue weighted by Crippen LogP contribution is 2.33. The van der Waals surface area contributed by atoms with E-state index in [0.29, 0.717) is 15.6 Å². The van der Waals surface area contributed by atoms with Crippen LogP contribution in [0.15, 0.2) is 54.6 Å². The first-order chi connectivity index (χ1) is 10.1. The predicted molar refractivity (Wildman–Crippen MR) is 85.3 cm³/mol. The molecule has 3 nitrogen and oxygen atoms in total. The van der Waals surface area contributed by atoms with Crippen molar-refractivity contribution in [1.82, 2.24) is 10.6 Å². The third-order valence-electron chi connectivity index (χ3n) is 3.26. The van der Waals surface area contributed by atoms with Crippen molar-refractivity contribution in [2.24, 2.45) is 0 Å². The second kappa shape index (κ2) is 5.80. The van der Waals surface area contributed by atoms with Crippen molar-refractivity contribution in [2.75, 3.05) is 0 Å². The van der Waals surface area contributed by atoms with Crippen LogP contribution in [-0.4, -0.2) is 6.03 Å². The maximum Gasteiger partial charge on any atom is 0.319 e. The fourth-order valence-electron chi connectivity index (χ4n) is 2.30. The summed E-state index contributed by atoms with van der Waals surface area (Å²) in [6.07, 6.45) is 1.91. The second-order valence-corrected chi connectivity index (χ2v) is 5.47. The Labute approximate surface area is 132 Å². The summed E-state index contributed by atoms with van der Waals surface area (Å²) in [5.74, 6) is 0. The molecule has 0 aliphatic carbocycles. The van der Waals surface area contributed by atoms with Crippen LogP contribution in [0.1, 0.15) is 17.2 Å². The predicted octanol–water partition coefficient (Wildman–Crippen LogP) is 4.39. The molecule has 2 amide bonds. The number of hydrogen-bond donors (Lipinski definition) is 2. The average Bonchev–Trinajstić information content (AvgIpc) is 2.47. The van der Waals surface area contributed by atoms with E-state index in [1.807, 2.05) is 36.4 Å². The highest BCUT2D eigenvalue weighted by Gasteiger charge is 2.23. The topological polar surface area (TPSA) is 41.1 Å². The third kappa shape index (κ3) is 2.89. The lowest BCUT2D eigenvalue weighted by molar-refractivity contribution is 0.241. The SMILES string of the molecule is O=C1NC(c2ccccc2)=CC(c2c(Cl)cccc2Cl)N1. The van der Waals surface area contributed by atoms with Gasteiger partial charge in [0.15, 0.2) is 0 Å². The van der Waals surface area contributed by atoms with Gasteiger partial charge in [-0.05, 0) is 23.8 Å². The summed E-state index contributed by atoms with van der Waals surface area (Å²) in [5, 5.41) is 6.67. The Morgan fingerprint density at radius 3 is 2.24 bits per heavy atom. The molecule has 1 heterocycles. The van der Waals surface area contributed by atoms with E-state index >= 15 is 0 Å². The van der Waals surface area contributed by atoms with Crippen LogP contribution in [0, 0.1) is 0 Å². The van der Waals surface area contributed by atoms with Gasteiger partial charge in [0.1, 0.15) is 0 Å². The standard InChI is InChI=1S/C16H12Cl2N2O/c17-11-7-4-8-12(18)15(11)14-9-13(19-16(21)20-14)10-5-2-1-3-6-10/h1-9,14H,(H2,19,20,21). The van der Waals surface area contributed by atoms with E-state index < -0.39 is 0 Å². The molecule has 0 saturated carbocycles. The third-order valence-corrected chi connectivity index (χ3v) is 3.92. The summed E-state index contributed by atoms with van der Waals surface area (Å²) in [6.45, 7) is 0. The monoisotopic (exact) mass is 318 g/mol. The molecule has 1 aliphatic heterocycles. The summed E-state index contributed by atoms with van der Waals surface area (Å²) in [4.78, 5) is 11.9. The van der Waals surface area contributed by atoms with Gasteiger partial charge in [-0.2, -0.15) is 0 Å². The number of rotatable bonds is 2. The Balaban J connectivity index is 2.05. The summed E-state index contributed by atoms with van der Waals surface area (Å²) >= 11 is 12.4. The Morgan fingerprint density at radius 1 is 0.905 bits per heavy atom. The van der Waals surface area contributed by atoms with Gasteiger partial charge in [0, 0.05) is 21.3 Å². The summed E-state index contributed by atoms with van der Waals surface area (Å²) in [5.41, 5.74) is 2.37. The lowest BCUT2D eigenvalue weighted by Gasteiger charge is -2.25. The number of nitrogens with one attached hydrogen (secondary N) is 2. The van der Waals surface area contributed by atoms with E-state index in [-0.39, 0.29) is 12.1 Å². The van der Waals surface area contributed by atoms with E-state index in [2.05, 4.69) is 10.6 Å². The number of carbonyl (C=O) groups is 1. The first kappa shape index (κ1) is 14.0. The fourth-order valence-corrected chi connectivity index (χ4v) is 2.93. The molecule has 5 heteroatoms. The van der Waals surface area contributed by atoms with E-state index in [1.165, 1.54) is 0 Å². The molecule has 2 aromatic rings. The van der Waals surface area contributed by atoms with Crippen LogP contribution in [0.4, 0.5) is 4.79 Å². The van der Waals surface area contributed by atoms with Gasteiger partial charge in [0.25, 0.3) is 0 Å². The van der Waals surface area contributed by atoms with Gasteiger partial charge < -0.3 is 10.6 Å². The summed E-state index contributed by atoms with van der Waals surface area (Å²) < 4.78 is 0. The Hall–Kier alpha value is -1.97. The van der Waals surface area contributed by atoms with Crippen molar-refractivity contribution in [3.63, 3.8) is 0 Å². The molecule has 0 fully saturated rings. The number of halogens is 2. The van der Waals surface area contributed by atoms with Crippen LogP contribution in [0.3, 0.4) is 0 Å². The Morgan fingerprint density at radius 2 is 1.57 bits per heavy atom. The van der Waals surface area contributed by atoms with Gasteiger partial charge in [-0.15, -0.1) is 0 Å². The molecule has 106 valence electrons. The van der Waals surface area contributed by atoms with E-state index in [1.54, 1.807) is 18.2 Å². The molecular formula is C16H12Cl2N2O. The van der Waals surface area contributed by atoms with Gasteiger partial charge in [0.2, 0.25) is 0 Å². The largest absolute Gasteiger partial charge is 0.327 e. The lowest BCUT2D eigenvalue weighted by atomic mass is 10.0. The Bertz CT molecular complexity index is 693. The van der Waals surface area contributed by atoms with Crippen molar-refractivity contribution in [1.29, 1.82) is 0 Å². The zero-order valence-electron chi connectivity index (χ0n) is 10.9. The van der Waals surface area contributed by atoms with Gasteiger partial charge in [-0.1, -0.05) is 59.6 Å². The van der Waals surface area contributed by atoms with Crippen molar-refractivity contribution in [3.05, 3.63) is 75.8 Å². The first-order valence-corrected chi connectivity index (χ1v) is 7.19. The van der Waals surface area contributed by atoms with Gasteiger partial charge in [0.05, 0.1) is 6.04 Å². The molecule has 0 radical (unpaired) electrons. The minimum atomic E-state index is -0.366. The molecule has 0 aromatic heterocycles. The molecular weight excluding hydrogens is 307 g/mol. The van der Waals surface area contributed by atoms with Crippen LogP contribution in [0.25, 0.3) is 5.70 Å². The molecule has 1 atom stereocenters. The van der Waals surface area contributed by atoms with E-state index in [0.717, 1.165) is 11.3 Å². The Kier molecular flexibility index (Phi) is 3.86. The summed E-state index contributed by atoms with van der Waals surface area (Å²) in [7, 11) is 0. The maximum absolute atomic E-state index is 11.9. The van der Waals surface area contributed by atoms with Crippen LogP contribution in [0.5, 0.6) is 0 Å². The number of benzene rings is 2. The highest BCUT2D eigenvalue weighted by molar-refractivity contribution is 6.36. The molecule has 2 aromatic carbocycles. The highest BCUT2D eigenvalue weighted by atomic mass is 35.5.